The van der Waals surface area contributed by atoms with E-state index in [1.54, 1.807) is 29.1 Å². The van der Waals surface area contributed by atoms with E-state index in [1.807, 2.05) is 37.4 Å². The first-order valence-corrected chi connectivity index (χ1v) is 10.5. The summed E-state index contributed by atoms with van der Waals surface area (Å²) < 4.78 is 8.09. The van der Waals surface area contributed by atoms with Crippen LogP contribution in [0.2, 0.25) is 0 Å². The molecule has 5 rings (SSSR count). The summed E-state index contributed by atoms with van der Waals surface area (Å²) in [5.74, 6) is 0.881. The van der Waals surface area contributed by atoms with E-state index in [0.717, 1.165) is 58.2 Å². The predicted octanol–water partition coefficient (Wildman–Crippen LogP) is 3.48. The molecule has 1 aliphatic rings. The van der Waals surface area contributed by atoms with Crippen molar-refractivity contribution in [3.05, 3.63) is 58.9 Å². The van der Waals surface area contributed by atoms with Crippen LogP contribution in [0.3, 0.4) is 0 Å². The standard InChI is InChI=1S/C22H22N4O2S/c1-24-19-9-8-18-21(17(19)7-10-20(24)27)29-22(23-18)26-13-11-25(12-14-26)15-3-5-16(28-2)6-4-15/h3-10H,11-14H2,1-2H3. The normalized spacial score (nSPS) is 14.7. The first-order valence-electron chi connectivity index (χ1n) is 9.67. The van der Waals surface area contributed by atoms with Gasteiger partial charge in [0.15, 0.2) is 5.13 Å². The Bertz CT molecular complexity index is 1240. The first kappa shape index (κ1) is 18.0. The lowest BCUT2D eigenvalue weighted by Crippen LogP contribution is -2.46. The Morgan fingerprint density at radius 3 is 2.38 bits per heavy atom. The molecular weight excluding hydrogens is 384 g/mol. The number of aryl methyl sites for hydroxylation is 1. The van der Waals surface area contributed by atoms with E-state index in [-0.39, 0.29) is 5.56 Å². The molecule has 148 valence electrons. The maximum Gasteiger partial charge on any atom is 0.250 e. The Morgan fingerprint density at radius 1 is 0.931 bits per heavy atom. The van der Waals surface area contributed by atoms with Crippen LogP contribution in [0.25, 0.3) is 21.1 Å². The minimum absolute atomic E-state index is 0.0104. The zero-order chi connectivity index (χ0) is 20.0. The Kier molecular flexibility index (Phi) is 4.39. The lowest BCUT2D eigenvalue weighted by atomic mass is 10.2. The number of rotatable bonds is 3. The summed E-state index contributed by atoms with van der Waals surface area (Å²) in [4.78, 5) is 21.6. The topological polar surface area (TPSA) is 50.6 Å². The van der Waals surface area contributed by atoms with Crippen LogP contribution in [0.15, 0.2) is 53.3 Å². The minimum atomic E-state index is 0.0104. The van der Waals surface area contributed by atoms with E-state index >= 15 is 0 Å². The van der Waals surface area contributed by atoms with Crippen molar-refractivity contribution in [2.24, 2.45) is 7.05 Å². The Balaban J connectivity index is 1.39. The lowest BCUT2D eigenvalue weighted by Gasteiger charge is -2.36. The number of hydrogen-bond donors (Lipinski definition) is 0. The van der Waals surface area contributed by atoms with E-state index in [1.165, 1.54) is 5.69 Å². The third kappa shape index (κ3) is 3.11. The molecule has 0 atom stereocenters. The first-order chi connectivity index (χ1) is 14.1. The fraction of sp³-hybridized carbons (Fsp3) is 0.273. The minimum Gasteiger partial charge on any atom is -0.497 e. The second kappa shape index (κ2) is 7.08. The van der Waals surface area contributed by atoms with Crippen LogP contribution in [0.5, 0.6) is 5.75 Å². The molecule has 2 aromatic carbocycles. The molecule has 7 heteroatoms. The molecule has 0 spiro atoms. The van der Waals surface area contributed by atoms with Crippen molar-refractivity contribution in [1.82, 2.24) is 9.55 Å². The average Bonchev–Trinajstić information content (AvgIpc) is 3.21. The van der Waals surface area contributed by atoms with Crippen molar-refractivity contribution in [3.8, 4) is 5.75 Å². The number of hydrogen-bond acceptors (Lipinski definition) is 6. The van der Waals surface area contributed by atoms with Crippen LogP contribution in [-0.4, -0.2) is 42.8 Å². The number of benzene rings is 2. The van der Waals surface area contributed by atoms with Crippen molar-refractivity contribution in [1.29, 1.82) is 0 Å². The van der Waals surface area contributed by atoms with Gasteiger partial charge in [-0.1, -0.05) is 11.3 Å². The number of thiazole rings is 1. The van der Waals surface area contributed by atoms with Crippen LogP contribution >= 0.6 is 11.3 Å². The Hall–Kier alpha value is -3.06. The molecule has 4 aromatic rings. The van der Waals surface area contributed by atoms with Gasteiger partial charge in [-0.25, -0.2) is 4.98 Å². The van der Waals surface area contributed by atoms with Gasteiger partial charge in [0, 0.05) is 50.4 Å². The van der Waals surface area contributed by atoms with Crippen molar-refractivity contribution in [2.45, 2.75) is 0 Å². The molecule has 0 aliphatic carbocycles. The van der Waals surface area contributed by atoms with Crippen LogP contribution in [0.1, 0.15) is 0 Å². The zero-order valence-electron chi connectivity index (χ0n) is 16.5. The molecule has 3 heterocycles. The van der Waals surface area contributed by atoms with Gasteiger partial charge in [0.25, 0.3) is 5.56 Å². The smallest absolute Gasteiger partial charge is 0.250 e. The summed E-state index contributed by atoms with van der Waals surface area (Å²) >= 11 is 1.71. The van der Waals surface area contributed by atoms with E-state index < -0.39 is 0 Å². The molecule has 0 N–H and O–H groups in total. The summed E-state index contributed by atoms with van der Waals surface area (Å²) in [6.07, 6.45) is 0. The molecule has 0 bridgehead atoms. The van der Waals surface area contributed by atoms with Gasteiger partial charge in [-0.2, -0.15) is 0 Å². The largest absolute Gasteiger partial charge is 0.497 e. The van der Waals surface area contributed by atoms with Crippen molar-refractivity contribution >= 4 is 43.3 Å². The molecule has 2 aromatic heterocycles. The highest BCUT2D eigenvalue weighted by molar-refractivity contribution is 7.23. The molecule has 6 nitrogen and oxygen atoms in total. The van der Waals surface area contributed by atoms with Gasteiger partial charge in [0.2, 0.25) is 0 Å². The maximum atomic E-state index is 11.9. The monoisotopic (exact) mass is 406 g/mol. The van der Waals surface area contributed by atoms with E-state index in [2.05, 4.69) is 21.9 Å². The van der Waals surface area contributed by atoms with Gasteiger partial charge < -0.3 is 19.1 Å². The highest BCUT2D eigenvalue weighted by atomic mass is 32.1. The molecule has 1 saturated heterocycles. The fourth-order valence-corrected chi connectivity index (χ4v) is 5.05. The average molecular weight is 407 g/mol. The number of aromatic nitrogens is 2. The highest BCUT2D eigenvalue weighted by Gasteiger charge is 2.21. The molecule has 1 fully saturated rings. The van der Waals surface area contributed by atoms with E-state index in [4.69, 9.17) is 9.72 Å². The van der Waals surface area contributed by atoms with Crippen LogP contribution in [0, 0.1) is 0 Å². The summed E-state index contributed by atoms with van der Waals surface area (Å²) in [6, 6.07) is 15.8. The van der Waals surface area contributed by atoms with Crippen LogP contribution in [0.4, 0.5) is 10.8 Å². The zero-order valence-corrected chi connectivity index (χ0v) is 17.3. The van der Waals surface area contributed by atoms with Gasteiger partial charge in [-0.05, 0) is 42.5 Å². The number of anilines is 2. The molecule has 29 heavy (non-hydrogen) atoms. The second-order valence-corrected chi connectivity index (χ2v) is 8.22. The number of piperazine rings is 1. The van der Waals surface area contributed by atoms with E-state index in [0.29, 0.717) is 0 Å². The van der Waals surface area contributed by atoms with E-state index in [9.17, 15) is 4.79 Å². The Labute approximate surface area is 172 Å². The van der Waals surface area contributed by atoms with Crippen molar-refractivity contribution in [2.75, 3.05) is 43.1 Å². The molecule has 0 saturated carbocycles. The number of pyridine rings is 1. The Morgan fingerprint density at radius 2 is 1.66 bits per heavy atom. The lowest BCUT2D eigenvalue weighted by molar-refractivity contribution is 0.415. The number of nitrogens with zero attached hydrogens (tertiary/aromatic N) is 4. The van der Waals surface area contributed by atoms with Crippen LogP contribution in [-0.2, 0) is 7.05 Å². The quantitative estimate of drug-likeness (QED) is 0.521. The third-order valence-corrected chi connectivity index (χ3v) is 6.80. The van der Waals surface area contributed by atoms with Gasteiger partial charge >= 0.3 is 0 Å². The van der Waals surface area contributed by atoms with Gasteiger partial charge in [0.05, 0.1) is 22.8 Å². The summed E-state index contributed by atoms with van der Waals surface area (Å²) in [5, 5.41) is 2.14. The van der Waals surface area contributed by atoms with Gasteiger partial charge in [-0.3, -0.25) is 4.79 Å². The second-order valence-electron chi connectivity index (χ2n) is 7.25. The summed E-state index contributed by atoms with van der Waals surface area (Å²) in [7, 11) is 3.51. The maximum absolute atomic E-state index is 11.9. The number of methoxy groups -OCH3 is 1. The predicted molar refractivity (Wildman–Crippen MR) is 120 cm³/mol. The molecular formula is C22H22N4O2S. The molecule has 1 aliphatic heterocycles. The molecule has 0 radical (unpaired) electrons. The van der Waals surface area contributed by atoms with Gasteiger partial charge in [-0.15, -0.1) is 0 Å². The fourth-order valence-electron chi connectivity index (χ4n) is 3.91. The van der Waals surface area contributed by atoms with Gasteiger partial charge in [0.1, 0.15) is 5.75 Å². The van der Waals surface area contributed by atoms with Crippen LogP contribution < -0.4 is 20.1 Å². The third-order valence-electron chi connectivity index (χ3n) is 5.63. The summed E-state index contributed by atoms with van der Waals surface area (Å²) in [5.41, 5.74) is 3.18. The molecule has 0 unspecified atom stereocenters. The van der Waals surface area contributed by atoms with Crippen molar-refractivity contribution in [3.63, 3.8) is 0 Å². The number of fused-ring (bicyclic) bond motifs is 3. The SMILES string of the molecule is COc1ccc(N2CCN(c3nc4ccc5c(ccc(=O)n5C)c4s3)CC2)cc1. The molecule has 0 amide bonds. The number of ether oxygens (including phenoxy) is 1. The highest BCUT2D eigenvalue weighted by Crippen LogP contribution is 2.34. The summed E-state index contributed by atoms with van der Waals surface area (Å²) in [6.45, 7) is 3.78. The van der Waals surface area contributed by atoms with Crippen molar-refractivity contribution < 1.29 is 4.74 Å².